The summed E-state index contributed by atoms with van der Waals surface area (Å²) in [6.45, 7) is 5.85. The third-order valence-electron chi connectivity index (χ3n) is 4.83. The first-order valence-corrected chi connectivity index (χ1v) is 10.2. The third-order valence-corrected chi connectivity index (χ3v) is 4.83. The summed E-state index contributed by atoms with van der Waals surface area (Å²) in [6, 6.07) is 20.0. The van der Waals surface area contributed by atoms with E-state index in [4.69, 9.17) is 9.47 Å². The van der Waals surface area contributed by atoms with Crippen LogP contribution in [0.25, 0.3) is 0 Å². The van der Waals surface area contributed by atoms with Gasteiger partial charge in [0, 0.05) is 11.4 Å². The maximum Gasteiger partial charge on any atom is 0.417 e. The molecule has 0 spiro atoms. The van der Waals surface area contributed by atoms with Gasteiger partial charge in [-0.2, -0.15) is 0 Å². The molecular formula is C25H26N2O4. The van der Waals surface area contributed by atoms with E-state index in [1.54, 1.807) is 30.3 Å². The molecule has 0 saturated heterocycles. The number of ether oxygens (including phenoxy) is 2. The molecule has 6 nitrogen and oxygen atoms in total. The first-order chi connectivity index (χ1) is 15.0. The number of hydrogen-bond acceptors (Lipinski definition) is 4. The molecule has 3 rings (SSSR count). The molecule has 0 aliphatic carbocycles. The number of carbonyl (C=O) groups is 2. The van der Waals surface area contributed by atoms with Crippen molar-refractivity contribution < 1.29 is 19.1 Å². The molecule has 2 amide bonds. The van der Waals surface area contributed by atoms with Crippen LogP contribution in [-0.4, -0.2) is 12.2 Å². The van der Waals surface area contributed by atoms with Gasteiger partial charge in [-0.1, -0.05) is 56.3 Å². The Bertz CT molecular complexity index is 1080. The molecule has 0 radical (unpaired) electrons. The molecule has 31 heavy (non-hydrogen) atoms. The number of para-hydroxylation sites is 2. The smallest absolute Gasteiger partial charge is 0.410 e. The second kappa shape index (κ2) is 10.3. The highest BCUT2D eigenvalue weighted by Crippen LogP contribution is 2.24. The van der Waals surface area contributed by atoms with Crippen LogP contribution in [-0.2, 0) is 12.8 Å². The summed E-state index contributed by atoms with van der Waals surface area (Å²) in [5.74, 6) is 1.04. The van der Waals surface area contributed by atoms with Gasteiger partial charge in [0.25, 0.3) is 0 Å². The third kappa shape index (κ3) is 5.85. The van der Waals surface area contributed by atoms with Gasteiger partial charge in [-0.25, -0.2) is 9.59 Å². The topological polar surface area (TPSA) is 76.7 Å². The van der Waals surface area contributed by atoms with Crippen LogP contribution in [0.2, 0.25) is 0 Å². The van der Waals surface area contributed by atoms with Gasteiger partial charge in [-0.15, -0.1) is 0 Å². The van der Waals surface area contributed by atoms with Crippen LogP contribution in [0, 0.1) is 6.92 Å². The van der Waals surface area contributed by atoms with E-state index in [1.165, 1.54) is 0 Å². The first-order valence-electron chi connectivity index (χ1n) is 10.2. The molecule has 3 aromatic rings. The number of carbonyl (C=O) groups excluding carboxylic acids is 2. The van der Waals surface area contributed by atoms with Crippen LogP contribution in [0.1, 0.15) is 30.5 Å². The molecule has 0 atom stereocenters. The van der Waals surface area contributed by atoms with Gasteiger partial charge in [0.05, 0.1) is 0 Å². The average molecular weight is 418 g/mol. The summed E-state index contributed by atoms with van der Waals surface area (Å²) < 4.78 is 10.9. The molecular weight excluding hydrogens is 392 g/mol. The molecule has 0 bridgehead atoms. The van der Waals surface area contributed by atoms with Crippen LogP contribution >= 0.6 is 0 Å². The quantitative estimate of drug-likeness (QED) is 0.490. The van der Waals surface area contributed by atoms with Crippen molar-refractivity contribution in [2.24, 2.45) is 0 Å². The predicted molar refractivity (Wildman–Crippen MR) is 122 cm³/mol. The Kier molecular flexibility index (Phi) is 7.27. The lowest BCUT2D eigenvalue weighted by molar-refractivity contribution is 0.214. The van der Waals surface area contributed by atoms with E-state index >= 15 is 0 Å². The van der Waals surface area contributed by atoms with Gasteiger partial charge in [0.2, 0.25) is 0 Å². The maximum atomic E-state index is 12.4. The second-order valence-electron chi connectivity index (χ2n) is 6.98. The van der Waals surface area contributed by atoms with Crippen molar-refractivity contribution in [1.82, 2.24) is 0 Å². The van der Waals surface area contributed by atoms with Crippen molar-refractivity contribution >= 4 is 23.6 Å². The lowest BCUT2D eigenvalue weighted by atomic mass is 10.1. The van der Waals surface area contributed by atoms with Gasteiger partial charge in [-0.05, 0) is 60.7 Å². The summed E-state index contributed by atoms with van der Waals surface area (Å²) >= 11 is 0. The average Bonchev–Trinajstić information content (AvgIpc) is 2.76. The van der Waals surface area contributed by atoms with Crippen LogP contribution in [0.5, 0.6) is 11.5 Å². The molecule has 2 N–H and O–H groups in total. The monoisotopic (exact) mass is 418 g/mol. The summed E-state index contributed by atoms with van der Waals surface area (Å²) in [5.41, 5.74) is 3.74. The Morgan fingerprint density at radius 3 is 1.81 bits per heavy atom. The van der Waals surface area contributed by atoms with Crippen LogP contribution < -0.4 is 20.1 Å². The van der Waals surface area contributed by atoms with Gasteiger partial charge in [0.15, 0.2) is 0 Å². The number of hydrogen-bond donors (Lipinski definition) is 2. The number of aryl methyl sites for hydroxylation is 3. The largest absolute Gasteiger partial charge is 0.417 e. The molecule has 0 fully saturated rings. The van der Waals surface area contributed by atoms with Crippen molar-refractivity contribution in [1.29, 1.82) is 0 Å². The lowest BCUT2D eigenvalue weighted by Gasteiger charge is -2.13. The van der Waals surface area contributed by atoms with Gasteiger partial charge < -0.3 is 9.47 Å². The number of amides is 2. The number of anilines is 2. The fourth-order valence-electron chi connectivity index (χ4n) is 3.10. The van der Waals surface area contributed by atoms with Crippen molar-refractivity contribution in [2.75, 3.05) is 10.6 Å². The van der Waals surface area contributed by atoms with E-state index in [0.717, 1.165) is 29.5 Å². The van der Waals surface area contributed by atoms with Gasteiger partial charge in [-0.3, -0.25) is 10.6 Å². The fourth-order valence-corrected chi connectivity index (χ4v) is 3.10. The highest BCUT2D eigenvalue weighted by Gasteiger charge is 2.12. The van der Waals surface area contributed by atoms with E-state index < -0.39 is 12.2 Å². The number of benzene rings is 3. The Balaban J connectivity index is 1.67. The predicted octanol–water partition coefficient (Wildman–Crippen LogP) is 6.34. The standard InChI is InChI=1S/C25H26N2O4/c1-4-18-10-6-8-12-22(18)30-24(28)26-20-15-14-17(3)21(16-20)27-25(29)31-23-13-9-7-11-19(23)5-2/h6-16H,4-5H2,1-3H3,(H,26,28)(H,27,29). The second-order valence-corrected chi connectivity index (χ2v) is 6.98. The van der Waals surface area contributed by atoms with Crippen LogP contribution in [0.4, 0.5) is 21.0 Å². The van der Waals surface area contributed by atoms with Gasteiger partial charge >= 0.3 is 12.2 Å². The molecule has 0 saturated carbocycles. The molecule has 3 aromatic carbocycles. The molecule has 0 aromatic heterocycles. The highest BCUT2D eigenvalue weighted by molar-refractivity contribution is 5.91. The van der Waals surface area contributed by atoms with Crippen molar-refractivity contribution in [3.05, 3.63) is 83.4 Å². The number of nitrogens with one attached hydrogen (secondary N) is 2. The minimum Gasteiger partial charge on any atom is -0.410 e. The maximum absolute atomic E-state index is 12.4. The highest BCUT2D eigenvalue weighted by atomic mass is 16.6. The first kappa shape index (κ1) is 21.9. The summed E-state index contributed by atoms with van der Waals surface area (Å²) in [6.07, 6.45) is 0.312. The van der Waals surface area contributed by atoms with E-state index in [2.05, 4.69) is 10.6 Å². The molecule has 0 unspecified atom stereocenters. The van der Waals surface area contributed by atoms with E-state index in [1.807, 2.05) is 57.2 Å². The summed E-state index contributed by atoms with van der Waals surface area (Å²) in [7, 11) is 0. The Labute approximate surface area is 182 Å². The fraction of sp³-hybridized carbons (Fsp3) is 0.200. The SMILES string of the molecule is CCc1ccccc1OC(=O)Nc1ccc(C)c(NC(=O)Oc2ccccc2CC)c1. The molecule has 0 aliphatic heterocycles. The van der Waals surface area contributed by atoms with Crippen LogP contribution in [0.3, 0.4) is 0 Å². The summed E-state index contributed by atoms with van der Waals surface area (Å²) in [5, 5.41) is 5.44. The number of rotatable bonds is 6. The van der Waals surface area contributed by atoms with E-state index in [0.29, 0.717) is 22.9 Å². The van der Waals surface area contributed by atoms with E-state index in [9.17, 15) is 9.59 Å². The minimum atomic E-state index is -0.602. The zero-order valence-corrected chi connectivity index (χ0v) is 17.9. The molecule has 0 heterocycles. The normalized spacial score (nSPS) is 10.3. The van der Waals surface area contributed by atoms with Gasteiger partial charge in [0.1, 0.15) is 11.5 Å². The Hall–Kier alpha value is -3.80. The van der Waals surface area contributed by atoms with Crippen molar-refractivity contribution in [3.8, 4) is 11.5 Å². The molecule has 6 heteroatoms. The Morgan fingerprint density at radius 1 is 0.742 bits per heavy atom. The zero-order chi connectivity index (χ0) is 22.2. The minimum absolute atomic E-state index is 0.494. The molecule has 0 aliphatic rings. The van der Waals surface area contributed by atoms with Crippen molar-refractivity contribution in [2.45, 2.75) is 33.6 Å². The lowest BCUT2D eigenvalue weighted by Crippen LogP contribution is -2.19. The van der Waals surface area contributed by atoms with Crippen LogP contribution in [0.15, 0.2) is 66.7 Å². The van der Waals surface area contributed by atoms with Crippen molar-refractivity contribution in [3.63, 3.8) is 0 Å². The zero-order valence-electron chi connectivity index (χ0n) is 17.9. The Morgan fingerprint density at radius 2 is 1.26 bits per heavy atom. The molecule has 160 valence electrons. The van der Waals surface area contributed by atoms with E-state index in [-0.39, 0.29) is 0 Å². The summed E-state index contributed by atoms with van der Waals surface area (Å²) in [4.78, 5) is 24.7.